The topological polar surface area (TPSA) is 61.6 Å². The van der Waals surface area contributed by atoms with Crippen LogP contribution in [0.2, 0.25) is 0 Å². The number of alkyl halides is 3. The van der Waals surface area contributed by atoms with E-state index in [1.54, 1.807) is 18.3 Å². The number of hydrogen-bond donors (Lipinski definition) is 2. The van der Waals surface area contributed by atoms with Crippen molar-refractivity contribution in [1.82, 2.24) is 0 Å². The van der Waals surface area contributed by atoms with Crippen LogP contribution >= 0.6 is 11.8 Å². The van der Waals surface area contributed by atoms with Crippen LogP contribution in [-0.4, -0.2) is 17.7 Å². The van der Waals surface area contributed by atoms with E-state index in [1.165, 1.54) is 23.9 Å². The summed E-state index contributed by atoms with van der Waals surface area (Å²) < 4.78 is 40.0. The fourth-order valence-corrected chi connectivity index (χ4v) is 2.32. The lowest BCUT2D eigenvalue weighted by atomic mass is 10.2. The molecule has 0 saturated carbocycles. The van der Waals surface area contributed by atoms with Gasteiger partial charge in [-0.15, -0.1) is 18.3 Å². The normalized spacial score (nSPS) is 12.5. The lowest BCUT2D eigenvalue weighted by Crippen LogP contribution is -2.62. The SMILES string of the molecule is NC(=N[NH+]=Cc1ccccc1)SCc1ccc(OC(F)(F)F)cc1. The van der Waals surface area contributed by atoms with Crippen molar-refractivity contribution in [1.29, 1.82) is 0 Å². The van der Waals surface area contributed by atoms with Crippen molar-refractivity contribution in [3.63, 3.8) is 0 Å². The fourth-order valence-electron chi connectivity index (χ4n) is 1.70. The number of nitrogens with one attached hydrogen (secondary N) is 1. The quantitative estimate of drug-likeness (QED) is 0.492. The molecule has 0 aromatic heterocycles. The Kier molecular flexibility index (Phi) is 6.25. The number of rotatable bonds is 5. The summed E-state index contributed by atoms with van der Waals surface area (Å²) in [6.07, 6.45) is -2.98. The molecular formula is C16H15F3N3OS+. The van der Waals surface area contributed by atoms with Crippen molar-refractivity contribution in [3.8, 4) is 5.75 Å². The Morgan fingerprint density at radius 2 is 1.79 bits per heavy atom. The van der Waals surface area contributed by atoms with Gasteiger partial charge in [0.2, 0.25) is 11.4 Å². The van der Waals surface area contributed by atoms with Crippen LogP contribution in [0, 0.1) is 0 Å². The summed E-state index contributed by atoms with van der Waals surface area (Å²) in [6, 6.07) is 15.2. The summed E-state index contributed by atoms with van der Waals surface area (Å²) in [6.45, 7) is 0. The Balaban J connectivity index is 1.84. The van der Waals surface area contributed by atoms with Crippen molar-refractivity contribution < 1.29 is 23.0 Å². The molecule has 0 aliphatic heterocycles. The molecule has 126 valence electrons. The highest BCUT2D eigenvalue weighted by molar-refractivity contribution is 8.13. The van der Waals surface area contributed by atoms with E-state index in [2.05, 4.69) is 14.9 Å². The van der Waals surface area contributed by atoms with Crippen LogP contribution in [0.15, 0.2) is 59.7 Å². The first-order chi connectivity index (χ1) is 11.4. The van der Waals surface area contributed by atoms with E-state index in [4.69, 9.17) is 5.73 Å². The molecule has 0 aliphatic rings. The van der Waals surface area contributed by atoms with Crippen molar-refractivity contribution in [2.45, 2.75) is 12.1 Å². The lowest BCUT2D eigenvalue weighted by Gasteiger charge is -2.08. The highest BCUT2D eigenvalue weighted by Gasteiger charge is 2.30. The Morgan fingerprint density at radius 1 is 1.12 bits per heavy atom. The largest absolute Gasteiger partial charge is 0.573 e. The Labute approximate surface area is 141 Å². The molecule has 4 nitrogen and oxygen atoms in total. The number of thioether (sulfide) groups is 1. The molecule has 2 aromatic carbocycles. The minimum Gasteiger partial charge on any atom is -0.406 e. The maximum atomic E-state index is 12.1. The highest BCUT2D eigenvalue weighted by atomic mass is 32.2. The van der Waals surface area contributed by atoms with Crippen molar-refractivity contribution in [3.05, 3.63) is 65.7 Å². The zero-order chi connectivity index (χ0) is 17.4. The van der Waals surface area contributed by atoms with Crippen molar-refractivity contribution in [2.24, 2.45) is 10.8 Å². The van der Waals surface area contributed by atoms with Gasteiger partial charge in [-0.25, -0.2) is 0 Å². The number of nitrogens with two attached hydrogens (primary N) is 1. The summed E-state index contributed by atoms with van der Waals surface area (Å²) in [5.41, 5.74) is 7.52. The van der Waals surface area contributed by atoms with Gasteiger partial charge in [-0.05, 0) is 29.8 Å². The zero-order valence-corrected chi connectivity index (χ0v) is 13.3. The second-order valence-corrected chi connectivity index (χ2v) is 5.61. The molecule has 8 heteroatoms. The fraction of sp³-hybridized carbons (Fsp3) is 0.125. The van der Waals surface area contributed by atoms with Crippen LogP contribution in [0.4, 0.5) is 13.2 Å². The molecule has 24 heavy (non-hydrogen) atoms. The van der Waals surface area contributed by atoms with Gasteiger partial charge in [0.15, 0.2) is 0 Å². The Bertz CT molecular complexity index is 701. The van der Waals surface area contributed by atoms with Crippen LogP contribution in [0.1, 0.15) is 11.1 Å². The van der Waals surface area contributed by atoms with Crippen molar-refractivity contribution >= 4 is 23.1 Å². The Hall–Kier alpha value is -2.48. The molecule has 0 saturated heterocycles. The molecule has 0 aliphatic carbocycles. The van der Waals surface area contributed by atoms with Gasteiger partial charge in [0.05, 0.1) is 0 Å². The minimum absolute atomic E-state index is 0.253. The number of amidine groups is 1. The van der Waals surface area contributed by atoms with E-state index < -0.39 is 6.36 Å². The molecule has 0 amide bonds. The number of hydrogen-bond acceptors (Lipinski definition) is 3. The van der Waals surface area contributed by atoms with Crippen LogP contribution in [0.5, 0.6) is 5.75 Å². The number of benzene rings is 2. The molecule has 0 bridgehead atoms. The zero-order valence-electron chi connectivity index (χ0n) is 12.5. The summed E-state index contributed by atoms with van der Waals surface area (Å²) in [5.74, 6) is 0.228. The average Bonchev–Trinajstić information content (AvgIpc) is 2.54. The third-order valence-corrected chi connectivity index (χ3v) is 3.61. The van der Waals surface area contributed by atoms with Gasteiger partial charge in [0.25, 0.3) is 0 Å². The first-order valence-electron chi connectivity index (χ1n) is 6.87. The first-order valence-corrected chi connectivity index (χ1v) is 7.85. The second-order valence-electron chi connectivity index (χ2n) is 4.61. The van der Waals surface area contributed by atoms with Crippen molar-refractivity contribution in [2.75, 3.05) is 0 Å². The first kappa shape index (κ1) is 17.9. The van der Waals surface area contributed by atoms with Gasteiger partial charge in [0.1, 0.15) is 5.75 Å². The van der Waals surface area contributed by atoms with E-state index in [9.17, 15) is 13.2 Å². The maximum Gasteiger partial charge on any atom is 0.573 e. The van der Waals surface area contributed by atoms with Gasteiger partial charge in [-0.1, -0.05) is 42.1 Å². The summed E-state index contributed by atoms with van der Waals surface area (Å²) in [4.78, 5) is 0. The minimum atomic E-state index is -4.69. The Morgan fingerprint density at radius 3 is 2.42 bits per heavy atom. The van der Waals surface area contributed by atoms with E-state index in [0.29, 0.717) is 10.9 Å². The predicted octanol–water partition coefficient (Wildman–Crippen LogP) is 2.25. The van der Waals surface area contributed by atoms with Crippen LogP contribution < -0.4 is 15.6 Å². The van der Waals surface area contributed by atoms with Gasteiger partial charge in [-0.3, -0.25) is 0 Å². The number of hydrazone groups is 1. The molecule has 2 aromatic rings. The molecular weight excluding hydrogens is 339 g/mol. The molecule has 3 N–H and O–H groups in total. The third kappa shape index (κ3) is 6.74. The van der Waals surface area contributed by atoms with Crippen LogP contribution in [0.3, 0.4) is 0 Å². The van der Waals surface area contributed by atoms with Gasteiger partial charge in [0, 0.05) is 16.4 Å². The number of halogens is 3. The maximum absolute atomic E-state index is 12.1. The van der Waals surface area contributed by atoms with Crippen LogP contribution in [-0.2, 0) is 5.75 Å². The van der Waals surface area contributed by atoms with Gasteiger partial charge >= 0.3 is 6.36 Å². The smallest absolute Gasteiger partial charge is 0.406 e. The summed E-state index contributed by atoms with van der Waals surface area (Å²) in [5, 5.41) is 7.04. The predicted molar refractivity (Wildman–Crippen MR) is 88.6 cm³/mol. The molecule has 0 radical (unpaired) electrons. The monoisotopic (exact) mass is 354 g/mol. The highest BCUT2D eigenvalue weighted by Crippen LogP contribution is 2.23. The molecule has 0 spiro atoms. The second kappa shape index (κ2) is 8.39. The third-order valence-electron chi connectivity index (χ3n) is 2.75. The van der Waals surface area contributed by atoms with E-state index in [0.717, 1.165) is 11.1 Å². The molecule has 0 heterocycles. The molecule has 0 fully saturated rings. The molecule has 0 unspecified atom stereocenters. The standard InChI is InChI=1S/C16H14F3N3OS/c17-16(18,19)23-14-8-6-13(7-9-14)11-24-15(20)22-21-10-12-4-2-1-3-5-12/h1-10H,11H2,(H2,20,22)/p+1. The van der Waals surface area contributed by atoms with E-state index >= 15 is 0 Å². The van der Waals surface area contributed by atoms with Gasteiger partial charge in [-0.2, -0.15) is 0 Å². The summed E-state index contributed by atoms with van der Waals surface area (Å²) >= 11 is 1.27. The van der Waals surface area contributed by atoms with Crippen LogP contribution in [0.25, 0.3) is 0 Å². The summed E-state index contributed by atoms with van der Waals surface area (Å²) in [7, 11) is 0. The number of ether oxygens (including phenoxy) is 1. The number of nitrogens with zero attached hydrogens (tertiary/aromatic N) is 1. The van der Waals surface area contributed by atoms with E-state index in [-0.39, 0.29) is 5.75 Å². The van der Waals surface area contributed by atoms with E-state index in [1.807, 2.05) is 30.3 Å². The molecule has 0 atom stereocenters. The lowest BCUT2D eigenvalue weighted by molar-refractivity contribution is -0.456. The average molecular weight is 354 g/mol. The van der Waals surface area contributed by atoms with Gasteiger partial charge < -0.3 is 10.5 Å². The molecule has 2 rings (SSSR count).